The van der Waals surface area contributed by atoms with E-state index in [0.717, 1.165) is 10.6 Å². The fraction of sp³-hybridized carbons (Fsp3) is 0. The maximum atomic E-state index is 10.8. The van der Waals surface area contributed by atoms with Gasteiger partial charge in [-0.15, -0.1) is 11.3 Å². The highest BCUT2D eigenvalue weighted by atomic mass is 32.1. The predicted octanol–water partition coefficient (Wildman–Crippen LogP) is 1.62. The number of H-pyrrole nitrogens is 2. The van der Waals surface area contributed by atoms with Crippen molar-refractivity contribution >= 4 is 17.3 Å². The molecule has 0 saturated carbocycles. The van der Waals surface area contributed by atoms with E-state index in [0.29, 0.717) is 11.4 Å². The van der Waals surface area contributed by atoms with Crippen molar-refractivity contribution in [2.24, 2.45) is 0 Å². The van der Waals surface area contributed by atoms with E-state index < -0.39 is 5.97 Å². The number of nitrogens with one attached hydrogen (secondary N) is 2. The van der Waals surface area contributed by atoms with Gasteiger partial charge in [-0.2, -0.15) is 15.4 Å². The molecule has 3 heterocycles. The zero-order valence-corrected chi connectivity index (χ0v) is 9.73. The van der Waals surface area contributed by atoms with Gasteiger partial charge in [0.05, 0.1) is 11.9 Å². The summed E-state index contributed by atoms with van der Waals surface area (Å²) in [7, 11) is 0. The van der Waals surface area contributed by atoms with Crippen LogP contribution in [0.25, 0.3) is 22.0 Å². The molecule has 3 rings (SSSR count). The number of nitrogens with zero attached hydrogens (tertiary/aromatic N) is 3. The van der Waals surface area contributed by atoms with Crippen molar-refractivity contribution in [1.82, 2.24) is 25.4 Å². The smallest absolute Gasteiger partial charge is 0.352 e. The van der Waals surface area contributed by atoms with Crippen molar-refractivity contribution < 1.29 is 9.90 Å². The number of thiazole rings is 1. The second-order valence-electron chi connectivity index (χ2n) is 3.50. The summed E-state index contributed by atoms with van der Waals surface area (Å²) in [6, 6.07) is 1.55. The summed E-state index contributed by atoms with van der Waals surface area (Å²) in [5.74, 6) is -0.992. The van der Waals surface area contributed by atoms with Gasteiger partial charge < -0.3 is 10.1 Å². The van der Waals surface area contributed by atoms with Crippen molar-refractivity contribution in [3.63, 3.8) is 0 Å². The number of aromatic nitrogens is 5. The molecule has 0 amide bonds. The van der Waals surface area contributed by atoms with Gasteiger partial charge in [0.2, 0.25) is 0 Å². The SMILES string of the molecule is O=C(O)c1cc(-c2csc(-c3cn[nH]n3)n2)c[nH]1. The summed E-state index contributed by atoms with van der Waals surface area (Å²) in [6.45, 7) is 0. The van der Waals surface area contributed by atoms with Crippen LogP contribution in [0.3, 0.4) is 0 Å². The zero-order chi connectivity index (χ0) is 12.5. The average Bonchev–Trinajstić information content (AvgIpc) is 3.10. The van der Waals surface area contributed by atoms with Crippen molar-refractivity contribution in [2.75, 3.05) is 0 Å². The highest BCUT2D eigenvalue weighted by molar-refractivity contribution is 7.13. The molecule has 7 nitrogen and oxygen atoms in total. The predicted molar refractivity (Wildman–Crippen MR) is 64.2 cm³/mol. The van der Waals surface area contributed by atoms with Gasteiger partial charge in [0, 0.05) is 17.1 Å². The number of carboxylic acid groups (broad SMARTS) is 1. The monoisotopic (exact) mass is 261 g/mol. The molecule has 0 bridgehead atoms. The molecule has 0 aliphatic rings. The van der Waals surface area contributed by atoms with Crippen LogP contribution in [0.2, 0.25) is 0 Å². The second kappa shape index (κ2) is 4.08. The standard InChI is InChI=1S/C10H7N5O2S/c16-10(17)6-1-5(2-11-6)8-4-18-9(13-8)7-3-12-15-14-7/h1-4,11H,(H,16,17)(H,12,14,15). The van der Waals surface area contributed by atoms with Crippen LogP contribution in [0.5, 0.6) is 0 Å². The summed E-state index contributed by atoms with van der Waals surface area (Å²) >= 11 is 1.42. The van der Waals surface area contributed by atoms with Crippen LogP contribution in [-0.2, 0) is 0 Å². The normalized spacial score (nSPS) is 10.7. The van der Waals surface area contributed by atoms with Gasteiger partial charge in [0.15, 0.2) is 0 Å². The van der Waals surface area contributed by atoms with E-state index in [-0.39, 0.29) is 5.69 Å². The molecular weight excluding hydrogens is 254 g/mol. The van der Waals surface area contributed by atoms with Crippen LogP contribution in [0.4, 0.5) is 0 Å². The topological polar surface area (TPSA) is 108 Å². The molecular formula is C10H7N5O2S. The minimum atomic E-state index is -0.992. The number of carboxylic acids is 1. The van der Waals surface area contributed by atoms with E-state index >= 15 is 0 Å². The van der Waals surface area contributed by atoms with Gasteiger partial charge in [-0.3, -0.25) is 0 Å². The Morgan fingerprint density at radius 1 is 1.39 bits per heavy atom. The van der Waals surface area contributed by atoms with Crippen LogP contribution < -0.4 is 0 Å². The van der Waals surface area contributed by atoms with Gasteiger partial charge in [0.1, 0.15) is 16.4 Å². The van der Waals surface area contributed by atoms with Crippen molar-refractivity contribution in [3.8, 4) is 22.0 Å². The molecule has 0 atom stereocenters. The molecule has 0 spiro atoms. The third kappa shape index (κ3) is 1.78. The van der Waals surface area contributed by atoms with E-state index in [1.807, 2.05) is 5.38 Å². The van der Waals surface area contributed by atoms with Gasteiger partial charge in [0.25, 0.3) is 0 Å². The Labute approximate surface area is 105 Å². The number of aromatic amines is 2. The van der Waals surface area contributed by atoms with Crippen molar-refractivity contribution in [2.45, 2.75) is 0 Å². The zero-order valence-electron chi connectivity index (χ0n) is 8.91. The fourth-order valence-corrected chi connectivity index (χ4v) is 2.28. The Kier molecular flexibility index (Phi) is 2.41. The number of hydrogen-bond acceptors (Lipinski definition) is 5. The Morgan fingerprint density at radius 3 is 2.94 bits per heavy atom. The molecule has 90 valence electrons. The lowest BCUT2D eigenvalue weighted by Crippen LogP contribution is -1.94. The number of aromatic carboxylic acids is 1. The Morgan fingerprint density at radius 2 is 2.28 bits per heavy atom. The Hall–Kier alpha value is -2.48. The molecule has 3 N–H and O–H groups in total. The molecule has 0 saturated heterocycles. The second-order valence-corrected chi connectivity index (χ2v) is 4.36. The van der Waals surface area contributed by atoms with Crippen molar-refractivity contribution in [3.05, 3.63) is 29.5 Å². The van der Waals surface area contributed by atoms with Gasteiger partial charge in [-0.25, -0.2) is 9.78 Å². The summed E-state index contributed by atoms with van der Waals surface area (Å²) in [6.07, 6.45) is 3.20. The minimum Gasteiger partial charge on any atom is -0.477 e. The van der Waals surface area contributed by atoms with E-state index in [9.17, 15) is 4.79 Å². The Bertz CT molecular complexity index is 685. The van der Waals surface area contributed by atoms with E-state index in [2.05, 4.69) is 25.4 Å². The molecule has 0 unspecified atom stereocenters. The quantitative estimate of drug-likeness (QED) is 0.664. The summed E-state index contributed by atoms with van der Waals surface area (Å²) in [5, 5.41) is 21.6. The molecule has 18 heavy (non-hydrogen) atoms. The molecule has 0 aliphatic heterocycles. The first-order valence-electron chi connectivity index (χ1n) is 4.98. The number of carbonyl (C=O) groups is 1. The summed E-state index contributed by atoms with van der Waals surface area (Å²) in [4.78, 5) is 17.8. The third-order valence-electron chi connectivity index (χ3n) is 2.35. The molecule has 0 aromatic carbocycles. The highest BCUT2D eigenvalue weighted by Crippen LogP contribution is 2.27. The lowest BCUT2D eigenvalue weighted by atomic mass is 10.2. The lowest BCUT2D eigenvalue weighted by molar-refractivity contribution is 0.0691. The van der Waals surface area contributed by atoms with E-state index in [4.69, 9.17) is 5.11 Å². The minimum absolute atomic E-state index is 0.140. The largest absolute Gasteiger partial charge is 0.477 e. The lowest BCUT2D eigenvalue weighted by Gasteiger charge is -1.88. The molecule has 0 radical (unpaired) electrons. The average molecular weight is 261 g/mol. The first-order chi connectivity index (χ1) is 8.74. The van der Waals surface area contributed by atoms with Crippen LogP contribution in [0, 0.1) is 0 Å². The van der Waals surface area contributed by atoms with E-state index in [1.165, 1.54) is 11.3 Å². The van der Waals surface area contributed by atoms with Gasteiger partial charge >= 0.3 is 5.97 Å². The molecule has 3 aromatic heterocycles. The summed E-state index contributed by atoms with van der Waals surface area (Å²) < 4.78 is 0. The molecule has 0 fully saturated rings. The maximum Gasteiger partial charge on any atom is 0.352 e. The first-order valence-corrected chi connectivity index (χ1v) is 5.86. The first kappa shape index (κ1) is 10.7. The molecule has 0 aliphatic carbocycles. The number of rotatable bonds is 3. The van der Waals surface area contributed by atoms with Crippen LogP contribution >= 0.6 is 11.3 Å². The van der Waals surface area contributed by atoms with Crippen LogP contribution in [0.1, 0.15) is 10.5 Å². The summed E-state index contributed by atoms with van der Waals surface area (Å²) in [5.41, 5.74) is 2.25. The van der Waals surface area contributed by atoms with Crippen LogP contribution in [-0.4, -0.2) is 36.5 Å². The Balaban J connectivity index is 1.95. The van der Waals surface area contributed by atoms with Gasteiger partial charge in [-0.1, -0.05) is 0 Å². The molecule has 3 aromatic rings. The van der Waals surface area contributed by atoms with Gasteiger partial charge in [-0.05, 0) is 6.07 Å². The van der Waals surface area contributed by atoms with Crippen LogP contribution in [0.15, 0.2) is 23.8 Å². The van der Waals surface area contributed by atoms with Crippen molar-refractivity contribution in [1.29, 1.82) is 0 Å². The third-order valence-corrected chi connectivity index (χ3v) is 3.21. The highest BCUT2D eigenvalue weighted by Gasteiger charge is 2.12. The fourth-order valence-electron chi connectivity index (χ4n) is 1.49. The maximum absolute atomic E-state index is 10.8. The number of hydrogen-bond donors (Lipinski definition) is 3. The van der Waals surface area contributed by atoms with E-state index in [1.54, 1.807) is 18.5 Å². The molecule has 8 heteroatoms.